The molecule has 8 nitrogen and oxygen atoms in total. The molecule has 178 valence electrons. The van der Waals surface area contributed by atoms with Crippen molar-refractivity contribution in [1.82, 2.24) is 0 Å². The van der Waals surface area contributed by atoms with Gasteiger partial charge < -0.3 is 24.4 Å². The number of hydrogen-bond acceptors (Lipinski definition) is 7. The number of carboxylic acid groups (broad SMARTS) is 1. The van der Waals surface area contributed by atoms with Gasteiger partial charge in [0.2, 0.25) is 0 Å². The molecular formula is C27H22O8. The topological polar surface area (TPSA) is 119 Å². The zero-order chi connectivity index (χ0) is 25.2. The van der Waals surface area contributed by atoms with Crippen molar-refractivity contribution in [2.75, 3.05) is 7.11 Å². The number of ether oxygens (including phenoxy) is 3. The van der Waals surface area contributed by atoms with Crippen molar-refractivity contribution < 1.29 is 38.8 Å². The van der Waals surface area contributed by atoms with Gasteiger partial charge in [0.25, 0.3) is 0 Å². The van der Waals surface area contributed by atoms with E-state index in [1.54, 1.807) is 42.5 Å². The molecule has 0 unspecified atom stereocenters. The van der Waals surface area contributed by atoms with Crippen LogP contribution in [-0.2, 0) is 20.8 Å². The number of esters is 2. The zero-order valence-electron chi connectivity index (χ0n) is 18.7. The maximum atomic E-state index is 12.3. The second kappa shape index (κ2) is 11.9. The van der Waals surface area contributed by atoms with Crippen molar-refractivity contribution in [2.24, 2.45) is 0 Å². The normalized spacial score (nSPS) is 10.9. The summed E-state index contributed by atoms with van der Waals surface area (Å²) >= 11 is 0. The van der Waals surface area contributed by atoms with E-state index >= 15 is 0 Å². The van der Waals surface area contributed by atoms with Crippen LogP contribution >= 0.6 is 0 Å². The first-order valence-corrected chi connectivity index (χ1v) is 10.4. The van der Waals surface area contributed by atoms with Gasteiger partial charge in [0.05, 0.1) is 13.5 Å². The number of para-hydroxylation sites is 1. The molecule has 0 spiro atoms. The molecule has 3 aromatic rings. The molecular weight excluding hydrogens is 452 g/mol. The molecule has 3 aromatic carbocycles. The van der Waals surface area contributed by atoms with Gasteiger partial charge in [-0.15, -0.1) is 0 Å². The third kappa shape index (κ3) is 7.61. The number of carboxylic acids is 1. The van der Waals surface area contributed by atoms with Crippen LogP contribution in [0.4, 0.5) is 0 Å². The van der Waals surface area contributed by atoms with E-state index in [0.717, 1.165) is 0 Å². The van der Waals surface area contributed by atoms with E-state index in [1.807, 2.05) is 0 Å². The molecule has 0 aliphatic heterocycles. The van der Waals surface area contributed by atoms with Crippen LogP contribution in [0.2, 0.25) is 0 Å². The third-order valence-electron chi connectivity index (χ3n) is 4.63. The molecule has 0 bridgehead atoms. The highest BCUT2D eigenvalue weighted by Crippen LogP contribution is 2.29. The number of phenols is 1. The van der Waals surface area contributed by atoms with E-state index in [2.05, 4.69) is 0 Å². The maximum Gasteiger partial charge on any atom is 0.336 e. The molecule has 0 atom stereocenters. The monoisotopic (exact) mass is 474 g/mol. The van der Waals surface area contributed by atoms with Crippen molar-refractivity contribution in [3.8, 4) is 23.0 Å². The van der Waals surface area contributed by atoms with Gasteiger partial charge >= 0.3 is 17.9 Å². The minimum absolute atomic E-state index is 0.123. The van der Waals surface area contributed by atoms with E-state index in [9.17, 15) is 19.5 Å². The summed E-state index contributed by atoms with van der Waals surface area (Å²) in [6.45, 7) is 0. The van der Waals surface area contributed by atoms with Gasteiger partial charge in [-0.3, -0.25) is 4.79 Å². The van der Waals surface area contributed by atoms with Gasteiger partial charge in [0, 0.05) is 17.7 Å². The largest absolute Gasteiger partial charge is 0.508 e. The molecule has 0 heterocycles. The molecule has 0 saturated heterocycles. The molecule has 0 aromatic heterocycles. The van der Waals surface area contributed by atoms with Gasteiger partial charge in [-0.05, 0) is 53.6 Å². The quantitative estimate of drug-likeness (QED) is 0.268. The average molecular weight is 474 g/mol. The first-order chi connectivity index (χ1) is 16.8. The van der Waals surface area contributed by atoms with Crippen molar-refractivity contribution >= 4 is 30.1 Å². The zero-order valence-corrected chi connectivity index (χ0v) is 18.7. The summed E-state index contributed by atoms with van der Waals surface area (Å²) in [4.78, 5) is 35.4. The second-order valence-electron chi connectivity index (χ2n) is 7.19. The number of aromatic hydroxyl groups is 1. The van der Waals surface area contributed by atoms with Crippen LogP contribution in [0.3, 0.4) is 0 Å². The molecule has 0 aliphatic carbocycles. The molecule has 35 heavy (non-hydrogen) atoms. The van der Waals surface area contributed by atoms with Gasteiger partial charge in [-0.1, -0.05) is 36.4 Å². The number of rotatable bonds is 9. The second-order valence-corrected chi connectivity index (χ2v) is 7.19. The maximum absolute atomic E-state index is 12.3. The van der Waals surface area contributed by atoms with E-state index in [-0.39, 0.29) is 29.4 Å². The number of carbonyl (C=O) groups is 3. The van der Waals surface area contributed by atoms with Crippen LogP contribution in [0, 0.1) is 0 Å². The van der Waals surface area contributed by atoms with Crippen molar-refractivity contribution in [1.29, 1.82) is 0 Å². The number of benzene rings is 3. The van der Waals surface area contributed by atoms with Crippen LogP contribution < -0.4 is 14.2 Å². The highest BCUT2D eigenvalue weighted by molar-refractivity contribution is 5.91. The lowest BCUT2D eigenvalue weighted by atomic mass is 10.1. The summed E-state index contributed by atoms with van der Waals surface area (Å²) in [5.74, 6) is -1.59. The van der Waals surface area contributed by atoms with Gasteiger partial charge in [-0.25, -0.2) is 9.59 Å². The smallest absolute Gasteiger partial charge is 0.336 e. The Bertz CT molecular complexity index is 1270. The molecule has 8 heteroatoms. The van der Waals surface area contributed by atoms with E-state index in [4.69, 9.17) is 19.3 Å². The first kappa shape index (κ1) is 24.8. The van der Waals surface area contributed by atoms with Crippen molar-refractivity contribution in [3.63, 3.8) is 0 Å². The minimum Gasteiger partial charge on any atom is -0.508 e. The molecule has 2 N–H and O–H groups in total. The van der Waals surface area contributed by atoms with E-state index in [1.165, 1.54) is 55.7 Å². The fourth-order valence-corrected chi connectivity index (χ4v) is 2.98. The number of hydrogen-bond donors (Lipinski definition) is 2. The SMILES string of the molecule is COc1cc(CC(=O)O)ccc1OC(=O)C=Cc1ccccc1OC(=O)C=Cc1ccc(O)cc1. The molecule has 0 radical (unpaired) electrons. The highest BCUT2D eigenvalue weighted by Gasteiger charge is 2.11. The van der Waals surface area contributed by atoms with Gasteiger partial charge in [0.15, 0.2) is 11.5 Å². The predicted octanol–water partition coefficient (Wildman–Crippen LogP) is 4.27. The Balaban J connectivity index is 1.66. The Morgan fingerprint density at radius 1 is 0.800 bits per heavy atom. The van der Waals surface area contributed by atoms with E-state index in [0.29, 0.717) is 16.7 Å². The number of phenolic OH excluding ortho intramolecular Hbond substituents is 1. The summed E-state index contributed by atoms with van der Waals surface area (Å²) in [7, 11) is 1.38. The lowest BCUT2D eigenvalue weighted by molar-refractivity contribution is -0.136. The Labute approximate surface area is 201 Å². The Hall–Kier alpha value is -4.85. The summed E-state index contributed by atoms with van der Waals surface area (Å²) in [5.41, 5.74) is 1.68. The van der Waals surface area contributed by atoms with Crippen molar-refractivity contribution in [2.45, 2.75) is 6.42 Å². The molecule has 0 fully saturated rings. The summed E-state index contributed by atoms with van der Waals surface area (Å²) in [5, 5.41) is 18.2. The standard InChI is InChI=1S/C27H22O8/c1-33-24-16-19(17-25(29)30)8-13-23(24)35-27(32)15-10-20-4-2-3-5-22(20)34-26(31)14-9-18-6-11-21(28)12-7-18/h2-16,28H,17H2,1H3,(H,29,30). The van der Waals surface area contributed by atoms with Crippen LogP contribution in [0.5, 0.6) is 23.0 Å². The summed E-state index contributed by atoms with van der Waals surface area (Å²) in [6.07, 6.45) is 5.22. The van der Waals surface area contributed by atoms with Crippen LogP contribution in [-0.4, -0.2) is 35.2 Å². The van der Waals surface area contributed by atoms with Crippen LogP contribution in [0.1, 0.15) is 16.7 Å². The van der Waals surface area contributed by atoms with E-state index < -0.39 is 17.9 Å². The molecule has 0 aliphatic rings. The van der Waals surface area contributed by atoms with Crippen molar-refractivity contribution in [3.05, 3.63) is 95.6 Å². The Kier molecular flexibility index (Phi) is 8.39. The fraction of sp³-hybridized carbons (Fsp3) is 0.0741. The predicted molar refractivity (Wildman–Crippen MR) is 128 cm³/mol. The number of carbonyl (C=O) groups excluding carboxylic acids is 2. The first-order valence-electron chi connectivity index (χ1n) is 10.4. The minimum atomic E-state index is -0.991. The highest BCUT2D eigenvalue weighted by atomic mass is 16.6. The summed E-state index contributed by atoms with van der Waals surface area (Å²) < 4.78 is 15.9. The Morgan fingerprint density at radius 2 is 1.46 bits per heavy atom. The number of aliphatic carboxylic acids is 1. The lowest BCUT2D eigenvalue weighted by Crippen LogP contribution is -2.07. The van der Waals surface area contributed by atoms with Crippen LogP contribution in [0.15, 0.2) is 78.9 Å². The van der Waals surface area contributed by atoms with Gasteiger partial charge in [-0.2, -0.15) is 0 Å². The molecule has 0 saturated carbocycles. The van der Waals surface area contributed by atoms with Gasteiger partial charge in [0.1, 0.15) is 11.5 Å². The fourth-order valence-electron chi connectivity index (χ4n) is 2.98. The third-order valence-corrected chi connectivity index (χ3v) is 4.63. The molecule has 0 amide bonds. The summed E-state index contributed by atoms with van der Waals surface area (Å²) in [6, 6.07) is 17.4. The Morgan fingerprint density at radius 3 is 2.14 bits per heavy atom. The van der Waals surface area contributed by atoms with Crippen LogP contribution in [0.25, 0.3) is 12.2 Å². The number of methoxy groups -OCH3 is 1. The molecule has 3 rings (SSSR count). The lowest BCUT2D eigenvalue weighted by Gasteiger charge is -2.09. The average Bonchev–Trinajstić information content (AvgIpc) is 2.83.